The van der Waals surface area contributed by atoms with Crippen molar-refractivity contribution in [2.75, 3.05) is 0 Å². The van der Waals surface area contributed by atoms with Gasteiger partial charge in [0.15, 0.2) is 0 Å². The Morgan fingerprint density at radius 3 is 2.52 bits per heavy atom. The van der Waals surface area contributed by atoms with E-state index in [1.165, 1.54) is 6.21 Å². The second kappa shape index (κ2) is 7.36. The van der Waals surface area contributed by atoms with Gasteiger partial charge in [-0.2, -0.15) is 13.9 Å². The quantitative estimate of drug-likeness (QED) is 0.607. The fourth-order valence-corrected chi connectivity index (χ4v) is 2.40. The number of hydrogen-bond donors (Lipinski definition) is 2. The number of nitrogens with zero attached hydrogens (tertiary/aromatic N) is 1. The number of rotatable bonds is 5. The summed E-state index contributed by atoms with van der Waals surface area (Å²) in [5.74, 6) is -0.240. The minimum Gasteiger partial charge on any atom is -0.434 e. The van der Waals surface area contributed by atoms with Crippen molar-refractivity contribution in [3.05, 3.63) is 51.3 Å². The molecular weight excluding hydrogens is 372 g/mol. The van der Waals surface area contributed by atoms with Crippen LogP contribution in [0.2, 0.25) is 0 Å². The second-order valence-electron chi connectivity index (χ2n) is 4.79. The summed E-state index contributed by atoms with van der Waals surface area (Å²) in [7, 11) is 0. The zero-order valence-electron chi connectivity index (χ0n) is 12.4. The van der Waals surface area contributed by atoms with Crippen LogP contribution in [0.1, 0.15) is 27.2 Å². The molecule has 0 bridgehead atoms. The lowest BCUT2D eigenvalue weighted by molar-refractivity contribution is -0.0507. The number of alkyl halides is 2. The van der Waals surface area contributed by atoms with E-state index >= 15 is 0 Å². The summed E-state index contributed by atoms with van der Waals surface area (Å²) >= 11 is 3.23. The Bertz CT molecular complexity index is 721. The molecular formula is C15H14BrF2N3O2. The van der Waals surface area contributed by atoms with Crippen LogP contribution in [0.4, 0.5) is 8.78 Å². The lowest BCUT2D eigenvalue weighted by Gasteiger charge is -2.11. The van der Waals surface area contributed by atoms with Crippen LogP contribution in [0.5, 0.6) is 5.75 Å². The molecule has 0 aliphatic heterocycles. The van der Waals surface area contributed by atoms with Crippen molar-refractivity contribution in [1.82, 2.24) is 10.4 Å². The molecule has 23 heavy (non-hydrogen) atoms. The first-order valence-corrected chi connectivity index (χ1v) is 7.39. The van der Waals surface area contributed by atoms with Crippen molar-refractivity contribution in [3.8, 4) is 5.75 Å². The number of halogens is 3. The van der Waals surface area contributed by atoms with Crippen molar-refractivity contribution in [2.24, 2.45) is 5.10 Å². The zero-order chi connectivity index (χ0) is 17.0. The molecule has 1 heterocycles. The number of carbonyl (C=O) groups is 1. The summed E-state index contributed by atoms with van der Waals surface area (Å²) in [5.41, 5.74) is 4.52. The molecule has 5 nitrogen and oxygen atoms in total. The molecule has 8 heteroatoms. The summed E-state index contributed by atoms with van der Waals surface area (Å²) in [4.78, 5) is 14.6. The molecule has 1 aromatic heterocycles. The molecule has 0 fully saturated rings. The second-order valence-corrected chi connectivity index (χ2v) is 5.71. The number of benzene rings is 1. The van der Waals surface area contributed by atoms with Crippen molar-refractivity contribution in [2.45, 2.75) is 20.5 Å². The van der Waals surface area contributed by atoms with E-state index in [-0.39, 0.29) is 5.75 Å². The Morgan fingerprint density at radius 2 is 2.00 bits per heavy atom. The third-order valence-corrected chi connectivity index (χ3v) is 3.42. The van der Waals surface area contributed by atoms with Gasteiger partial charge in [0.25, 0.3) is 5.91 Å². The number of hydrogen-bond acceptors (Lipinski definition) is 3. The Labute approximate surface area is 139 Å². The van der Waals surface area contributed by atoms with Crippen LogP contribution in [0.15, 0.2) is 34.0 Å². The standard InChI is InChI=1S/C15H14BrF2N3O2/c1-8-3-10(4-9(2)13(8)23-15(17)18)6-20-21-14(22)12-5-11(16)7-19-12/h3-7,15,19H,1-2H3,(H,21,22)/b20-6-. The Morgan fingerprint density at radius 1 is 1.35 bits per heavy atom. The van der Waals surface area contributed by atoms with E-state index in [4.69, 9.17) is 0 Å². The van der Waals surface area contributed by atoms with E-state index in [2.05, 4.69) is 36.2 Å². The molecule has 0 spiro atoms. The lowest BCUT2D eigenvalue weighted by Crippen LogP contribution is -2.17. The fourth-order valence-electron chi connectivity index (χ4n) is 2.06. The van der Waals surface area contributed by atoms with Gasteiger partial charge >= 0.3 is 6.61 Å². The van der Waals surface area contributed by atoms with E-state index in [9.17, 15) is 13.6 Å². The van der Waals surface area contributed by atoms with Gasteiger partial charge in [0.2, 0.25) is 0 Å². The smallest absolute Gasteiger partial charge is 0.387 e. The SMILES string of the molecule is Cc1cc(/C=N\NC(=O)c2cc(Br)c[nH]2)cc(C)c1OC(F)F. The number of ether oxygens (including phenoxy) is 1. The summed E-state index contributed by atoms with van der Waals surface area (Å²) in [6.45, 7) is 0.458. The molecule has 0 aliphatic carbocycles. The monoisotopic (exact) mass is 385 g/mol. The van der Waals surface area contributed by atoms with Gasteiger partial charge in [-0.25, -0.2) is 5.43 Å². The van der Waals surface area contributed by atoms with Crippen molar-refractivity contribution in [1.29, 1.82) is 0 Å². The van der Waals surface area contributed by atoms with Crippen LogP contribution in [-0.2, 0) is 0 Å². The molecule has 1 amide bonds. The predicted molar refractivity (Wildman–Crippen MR) is 86.1 cm³/mol. The number of aromatic amines is 1. The number of H-pyrrole nitrogens is 1. The maximum Gasteiger partial charge on any atom is 0.387 e. The van der Waals surface area contributed by atoms with Gasteiger partial charge in [0.05, 0.1) is 6.21 Å². The molecule has 122 valence electrons. The largest absolute Gasteiger partial charge is 0.434 e. The van der Waals surface area contributed by atoms with Gasteiger partial charge in [-0.15, -0.1) is 0 Å². The Hall–Kier alpha value is -2.22. The van der Waals surface area contributed by atoms with Crippen molar-refractivity contribution in [3.63, 3.8) is 0 Å². The summed E-state index contributed by atoms with van der Waals surface area (Å²) in [6.07, 6.45) is 3.06. The molecule has 2 aromatic rings. The number of aryl methyl sites for hydroxylation is 2. The first-order valence-electron chi connectivity index (χ1n) is 6.60. The maximum atomic E-state index is 12.3. The van der Waals surface area contributed by atoms with Crippen LogP contribution in [-0.4, -0.2) is 23.7 Å². The number of carbonyl (C=O) groups excluding carboxylic acids is 1. The molecule has 2 N–H and O–H groups in total. The number of aromatic nitrogens is 1. The van der Waals surface area contributed by atoms with Crippen LogP contribution in [0.3, 0.4) is 0 Å². The molecule has 0 radical (unpaired) electrons. The number of hydrazone groups is 1. The summed E-state index contributed by atoms with van der Waals surface area (Å²) < 4.78 is 29.9. The summed E-state index contributed by atoms with van der Waals surface area (Å²) in [5, 5.41) is 3.85. The lowest BCUT2D eigenvalue weighted by atomic mass is 10.1. The van der Waals surface area contributed by atoms with Crippen LogP contribution in [0, 0.1) is 13.8 Å². The molecule has 1 aromatic carbocycles. The molecule has 0 saturated carbocycles. The first-order chi connectivity index (χ1) is 10.9. The van der Waals surface area contributed by atoms with E-state index < -0.39 is 12.5 Å². The highest BCUT2D eigenvalue weighted by atomic mass is 79.9. The van der Waals surface area contributed by atoms with E-state index in [1.807, 2.05) is 0 Å². The highest BCUT2D eigenvalue weighted by molar-refractivity contribution is 9.10. The Balaban J connectivity index is 2.06. The molecule has 0 atom stereocenters. The van der Waals surface area contributed by atoms with Gasteiger partial charge in [-0.05, 0) is 64.7 Å². The predicted octanol–water partition coefficient (Wildman–Crippen LogP) is 3.76. The fraction of sp³-hybridized carbons (Fsp3) is 0.200. The molecule has 0 saturated heterocycles. The topological polar surface area (TPSA) is 66.5 Å². The molecule has 0 unspecified atom stereocenters. The maximum absolute atomic E-state index is 12.3. The van der Waals surface area contributed by atoms with Gasteiger partial charge in [0.1, 0.15) is 11.4 Å². The van der Waals surface area contributed by atoms with Gasteiger partial charge in [0, 0.05) is 10.7 Å². The van der Waals surface area contributed by atoms with Crippen molar-refractivity contribution < 1.29 is 18.3 Å². The van der Waals surface area contributed by atoms with E-state index in [1.54, 1.807) is 38.2 Å². The van der Waals surface area contributed by atoms with E-state index in [0.717, 1.165) is 4.47 Å². The van der Waals surface area contributed by atoms with Crippen molar-refractivity contribution >= 4 is 28.1 Å². The third-order valence-electron chi connectivity index (χ3n) is 2.96. The van der Waals surface area contributed by atoms with E-state index in [0.29, 0.717) is 22.4 Å². The van der Waals surface area contributed by atoms with Crippen LogP contribution in [0.25, 0.3) is 0 Å². The molecule has 2 rings (SSSR count). The van der Waals surface area contributed by atoms with Gasteiger partial charge in [-0.1, -0.05) is 0 Å². The summed E-state index contributed by atoms with van der Waals surface area (Å²) in [6, 6.07) is 4.91. The highest BCUT2D eigenvalue weighted by Gasteiger charge is 2.11. The molecule has 0 aliphatic rings. The number of amides is 1. The highest BCUT2D eigenvalue weighted by Crippen LogP contribution is 2.25. The minimum atomic E-state index is -2.87. The minimum absolute atomic E-state index is 0.150. The normalized spacial score (nSPS) is 11.2. The van der Waals surface area contributed by atoms with Gasteiger partial charge < -0.3 is 9.72 Å². The Kier molecular flexibility index (Phi) is 5.49. The average Bonchev–Trinajstić information content (AvgIpc) is 2.89. The van der Waals surface area contributed by atoms with Gasteiger partial charge in [-0.3, -0.25) is 4.79 Å². The zero-order valence-corrected chi connectivity index (χ0v) is 13.9. The average molecular weight is 386 g/mol. The van der Waals surface area contributed by atoms with Crippen LogP contribution >= 0.6 is 15.9 Å². The van der Waals surface area contributed by atoms with Crippen LogP contribution < -0.4 is 10.2 Å². The third kappa shape index (κ3) is 4.62. The first kappa shape index (κ1) is 17.1. The number of nitrogens with one attached hydrogen (secondary N) is 2.